The second-order valence-corrected chi connectivity index (χ2v) is 6.80. The fourth-order valence-electron chi connectivity index (χ4n) is 3.20. The van der Waals surface area contributed by atoms with Gasteiger partial charge in [-0.25, -0.2) is 0 Å². The molecule has 4 rings (SSSR count). The van der Waals surface area contributed by atoms with Gasteiger partial charge in [0.25, 0.3) is 0 Å². The van der Waals surface area contributed by atoms with E-state index in [4.69, 9.17) is 21.4 Å². The smallest absolute Gasteiger partial charge is 0.309 e. The third-order valence-electron chi connectivity index (χ3n) is 4.02. The lowest BCUT2D eigenvalue weighted by Crippen LogP contribution is -2.67. The lowest BCUT2D eigenvalue weighted by Gasteiger charge is -2.67. The van der Waals surface area contributed by atoms with Gasteiger partial charge in [0.2, 0.25) is 0 Å². The van der Waals surface area contributed by atoms with Crippen LogP contribution in [0.3, 0.4) is 0 Å². The van der Waals surface area contributed by atoms with E-state index in [2.05, 4.69) is 15.9 Å². The van der Waals surface area contributed by atoms with Crippen LogP contribution in [0, 0.1) is 10.8 Å². The largest absolute Gasteiger partial charge is 0.491 e. The lowest BCUT2D eigenvalue weighted by atomic mass is 9.35. The van der Waals surface area contributed by atoms with E-state index in [1.54, 1.807) is 6.07 Å². The molecule has 0 heterocycles. The van der Waals surface area contributed by atoms with Gasteiger partial charge in [0, 0.05) is 9.89 Å². The van der Waals surface area contributed by atoms with Crippen LogP contribution in [-0.2, 0) is 4.79 Å². The normalized spacial score (nSPS) is 32.3. The van der Waals surface area contributed by atoms with Crippen LogP contribution in [0.5, 0.6) is 5.75 Å². The van der Waals surface area contributed by atoms with Gasteiger partial charge < -0.3 is 9.84 Å². The van der Waals surface area contributed by atoms with Crippen LogP contribution < -0.4 is 4.74 Å². The molecule has 0 amide bonds. The zero-order valence-electron chi connectivity index (χ0n) is 9.58. The van der Waals surface area contributed by atoms with Crippen LogP contribution in [0.25, 0.3) is 0 Å². The first kappa shape index (κ1) is 12.3. The molecule has 18 heavy (non-hydrogen) atoms. The van der Waals surface area contributed by atoms with Gasteiger partial charge in [0.15, 0.2) is 0 Å². The predicted octanol–water partition coefficient (Wildman–Crippen LogP) is 3.74. The van der Waals surface area contributed by atoms with Crippen LogP contribution in [0.1, 0.15) is 19.3 Å². The van der Waals surface area contributed by atoms with E-state index in [0.29, 0.717) is 17.4 Å². The summed E-state index contributed by atoms with van der Waals surface area (Å²) in [5.41, 5.74) is -0.359. The van der Waals surface area contributed by atoms with E-state index >= 15 is 0 Å². The first-order chi connectivity index (χ1) is 8.45. The summed E-state index contributed by atoms with van der Waals surface area (Å²) in [6.45, 7) is 0.559. The first-order valence-corrected chi connectivity index (χ1v) is 6.93. The Labute approximate surface area is 118 Å². The van der Waals surface area contributed by atoms with Gasteiger partial charge in [-0.2, -0.15) is 0 Å². The van der Waals surface area contributed by atoms with E-state index in [1.165, 1.54) is 0 Å². The average molecular weight is 332 g/mol. The highest BCUT2D eigenvalue weighted by Crippen LogP contribution is 2.73. The second kappa shape index (κ2) is 3.87. The summed E-state index contributed by atoms with van der Waals surface area (Å²) in [5.74, 6) is 0.0000146. The van der Waals surface area contributed by atoms with Gasteiger partial charge >= 0.3 is 5.97 Å². The first-order valence-electron chi connectivity index (χ1n) is 5.76. The van der Waals surface area contributed by atoms with Crippen LogP contribution in [-0.4, -0.2) is 17.7 Å². The number of benzene rings is 1. The Balaban J connectivity index is 1.60. The Kier molecular flexibility index (Phi) is 2.65. The number of carbonyl (C=O) groups is 1. The maximum atomic E-state index is 11.0. The maximum absolute atomic E-state index is 11.0. The zero-order valence-corrected chi connectivity index (χ0v) is 11.9. The molecule has 3 nitrogen and oxygen atoms in total. The number of halogens is 2. The Morgan fingerprint density at radius 3 is 2.67 bits per heavy atom. The lowest BCUT2D eigenvalue weighted by molar-refractivity contribution is -0.231. The summed E-state index contributed by atoms with van der Waals surface area (Å²) in [7, 11) is 0. The molecule has 1 aromatic carbocycles. The van der Waals surface area contributed by atoms with E-state index in [1.807, 2.05) is 12.1 Å². The highest BCUT2D eigenvalue weighted by Gasteiger charge is 2.72. The molecule has 3 aliphatic carbocycles. The third-order valence-corrected chi connectivity index (χ3v) is 4.81. The third kappa shape index (κ3) is 1.74. The monoisotopic (exact) mass is 330 g/mol. The van der Waals surface area contributed by atoms with Crippen LogP contribution in [0.4, 0.5) is 0 Å². The summed E-state index contributed by atoms with van der Waals surface area (Å²) >= 11 is 9.40. The van der Waals surface area contributed by atoms with E-state index < -0.39 is 11.4 Å². The van der Waals surface area contributed by atoms with Crippen LogP contribution in [0.2, 0.25) is 5.02 Å². The minimum Gasteiger partial charge on any atom is -0.491 e. The molecule has 5 heteroatoms. The summed E-state index contributed by atoms with van der Waals surface area (Å²) in [6, 6.07) is 5.49. The standard InChI is InChI=1S/C13H12BrClO3/c14-8-1-2-10(9(15)3-8)18-7-12-4-13(5-12,6-12)11(16)17/h1-3H,4-7H2,(H,16,17). The fraction of sp³-hybridized carbons (Fsp3) is 0.462. The number of aliphatic carboxylic acids is 1. The number of hydrogen-bond acceptors (Lipinski definition) is 2. The number of hydrogen-bond donors (Lipinski definition) is 1. The molecular formula is C13H12BrClO3. The molecule has 0 aromatic heterocycles. The predicted molar refractivity (Wildman–Crippen MR) is 71.0 cm³/mol. The Morgan fingerprint density at radius 1 is 1.44 bits per heavy atom. The van der Waals surface area contributed by atoms with Crippen molar-refractivity contribution in [1.82, 2.24) is 0 Å². The highest BCUT2D eigenvalue weighted by molar-refractivity contribution is 9.10. The summed E-state index contributed by atoms with van der Waals surface area (Å²) in [6.07, 6.45) is 2.22. The Bertz CT molecular complexity index is 509. The van der Waals surface area contributed by atoms with Crippen LogP contribution >= 0.6 is 27.5 Å². The molecule has 0 aliphatic heterocycles. The van der Waals surface area contributed by atoms with Crippen molar-refractivity contribution in [1.29, 1.82) is 0 Å². The van der Waals surface area contributed by atoms with Crippen molar-refractivity contribution in [2.24, 2.45) is 10.8 Å². The van der Waals surface area contributed by atoms with E-state index in [9.17, 15) is 4.79 Å². The number of carboxylic acid groups (broad SMARTS) is 1. The quantitative estimate of drug-likeness (QED) is 0.914. The Hall–Kier alpha value is -0.740. The second-order valence-electron chi connectivity index (χ2n) is 5.48. The summed E-state index contributed by atoms with van der Waals surface area (Å²) in [4.78, 5) is 11.0. The number of carboxylic acids is 1. The van der Waals surface area contributed by atoms with E-state index in [-0.39, 0.29) is 5.41 Å². The molecule has 0 spiro atoms. The molecule has 3 fully saturated rings. The van der Waals surface area contributed by atoms with Gasteiger partial charge in [0.1, 0.15) is 5.75 Å². The van der Waals surface area contributed by atoms with Crippen molar-refractivity contribution >= 4 is 33.5 Å². The SMILES string of the molecule is O=C(O)C12CC(COc3ccc(Br)cc3Cl)(C1)C2. The summed E-state index contributed by atoms with van der Waals surface area (Å²) in [5, 5.41) is 9.61. The molecule has 2 bridgehead atoms. The molecule has 0 atom stereocenters. The molecule has 96 valence electrons. The fourth-order valence-corrected chi connectivity index (χ4v) is 3.93. The Morgan fingerprint density at radius 2 is 2.11 bits per heavy atom. The van der Waals surface area contributed by atoms with Gasteiger partial charge in [-0.1, -0.05) is 27.5 Å². The van der Waals surface area contributed by atoms with Gasteiger partial charge in [-0.3, -0.25) is 4.79 Å². The minimum absolute atomic E-state index is 0.0782. The van der Waals surface area contributed by atoms with Crippen molar-refractivity contribution < 1.29 is 14.6 Å². The van der Waals surface area contributed by atoms with Crippen LogP contribution in [0.15, 0.2) is 22.7 Å². The number of rotatable bonds is 4. The van der Waals surface area contributed by atoms with Crippen molar-refractivity contribution in [3.63, 3.8) is 0 Å². The van der Waals surface area contributed by atoms with Crippen molar-refractivity contribution in [2.45, 2.75) is 19.3 Å². The van der Waals surface area contributed by atoms with Crippen molar-refractivity contribution in [3.8, 4) is 5.75 Å². The molecule has 3 saturated carbocycles. The molecule has 1 aromatic rings. The maximum Gasteiger partial charge on any atom is 0.309 e. The average Bonchev–Trinajstić information content (AvgIpc) is 2.16. The molecule has 0 radical (unpaired) electrons. The van der Waals surface area contributed by atoms with Gasteiger partial charge in [0.05, 0.1) is 17.0 Å². The highest BCUT2D eigenvalue weighted by atomic mass is 79.9. The zero-order chi connectivity index (χ0) is 13.0. The summed E-state index contributed by atoms with van der Waals surface area (Å²) < 4.78 is 6.63. The van der Waals surface area contributed by atoms with Crippen molar-refractivity contribution in [3.05, 3.63) is 27.7 Å². The molecule has 0 unspecified atom stereocenters. The number of ether oxygens (including phenoxy) is 1. The minimum atomic E-state index is -0.661. The van der Waals surface area contributed by atoms with Crippen molar-refractivity contribution in [2.75, 3.05) is 6.61 Å². The van der Waals surface area contributed by atoms with Gasteiger partial charge in [-0.05, 0) is 37.5 Å². The topological polar surface area (TPSA) is 46.5 Å². The molecular weight excluding hydrogens is 319 g/mol. The molecule has 1 N–H and O–H groups in total. The molecule has 3 aliphatic rings. The van der Waals surface area contributed by atoms with E-state index in [0.717, 1.165) is 23.7 Å². The molecule has 0 saturated heterocycles. The van der Waals surface area contributed by atoms with Gasteiger partial charge in [-0.15, -0.1) is 0 Å².